The lowest BCUT2D eigenvalue weighted by molar-refractivity contribution is -0.119. The van der Waals surface area contributed by atoms with Crippen molar-refractivity contribution >= 4 is 23.2 Å². The summed E-state index contributed by atoms with van der Waals surface area (Å²) in [6.45, 7) is 5.45. The van der Waals surface area contributed by atoms with Crippen LogP contribution in [0.1, 0.15) is 24.1 Å². The number of aryl methyl sites for hydroxylation is 2. The van der Waals surface area contributed by atoms with Gasteiger partial charge in [0.15, 0.2) is 0 Å². The van der Waals surface area contributed by atoms with Crippen molar-refractivity contribution in [2.24, 2.45) is 0 Å². The zero-order valence-electron chi connectivity index (χ0n) is 15.2. The maximum atomic E-state index is 12.5. The van der Waals surface area contributed by atoms with Gasteiger partial charge in [0.1, 0.15) is 6.04 Å². The van der Waals surface area contributed by atoms with E-state index in [2.05, 4.69) is 15.4 Å². The van der Waals surface area contributed by atoms with Crippen molar-refractivity contribution in [2.75, 3.05) is 5.32 Å². The number of amides is 1. The lowest BCUT2D eigenvalue weighted by Crippen LogP contribution is -2.34. The fourth-order valence-electron chi connectivity index (χ4n) is 2.51. The molecule has 1 heterocycles. The van der Waals surface area contributed by atoms with E-state index in [9.17, 15) is 9.59 Å². The number of aromatic nitrogens is 3. The molecule has 0 unspecified atom stereocenters. The Morgan fingerprint density at radius 1 is 1.15 bits per heavy atom. The first-order chi connectivity index (χ1) is 12.8. The molecule has 1 amide bonds. The van der Waals surface area contributed by atoms with Gasteiger partial charge in [0.25, 0.3) is 0 Å². The molecule has 27 heavy (non-hydrogen) atoms. The predicted octanol–water partition coefficient (Wildman–Crippen LogP) is 3.78. The Kier molecular flexibility index (Phi) is 5.37. The Morgan fingerprint density at radius 2 is 1.85 bits per heavy atom. The van der Waals surface area contributed by atoms with Crippen LogP contribution in [-0.2, 0) is 4.79 Å². The van der Waals surface area contributed by atoms with Crippen LogP contribution in [0.25, 0.3) is 11.3 Å². The van der Waals surface area contributed by atoms with Crippen LogP contribution in [0.4, 0.5) is 5.69 Å². The van der Waals surface area contributed by atoms with Gasteiger partial charge in [0.2, 0.25) is 5.91 Å². The molecule has 0 fully saturated rings. The third kappa shape index (κ3) is 4.23. The van der Waals surface area contributed by atoms with Gasteiger partial charge in [-0.3, -0.25) is 4.79 Å². The molecule has 1 aromatic heterocycles. The SMILES string of the molecule is Cc1ccc(-c2cnn([C@@H](C)C(=O)Nc3ccc(C)c(Cl)c3)c(=O)n2)cc1. The van der Waals surface area contributed by atoms with Crippen molar-refractivity contribution in [1.29, 1.82) is 0 Å². The molecule has 138 valence electrons. The Bertz CT molecular complexity index is 1040. The van der Waals surface area contributed by atoms with Crippen molar-refractivity contribution in [3.05, 3.63) is 75.3 Å². The van der Waals surface area contributed by atoms with E-state index in [1.54, 1.807) is 19.1 Å². The molecular weight excluding hydrogens is 364 g/mol. The van der Waals surface area contributed by atoms with E-state index in [0.29, 0.717) is 16.4 Å². The van der Waals surface area contributed by atoms with E-state index >= 15 is 0 Å². The summed E-state index contributed by atoms with van der Waals surface area (Å²) in [6.07, 6.45) is 1.48. The van der Waals surface area contributed by atoms with Crippen molar-refractivity contribution in [2.45, 2.75) is 26.8 Å². The highest BCUT2D eigenvalue weighted by atomic mass is 35.5. The summed E-state index contributed by atoms with van der Waals surface area (Å²) in [6, 6.07) is 12.0. The van der Waals surface area contributed by atoms with E-state index in [1.807, 2.05) is 44.2 Å². The minimum Gasteiger partial charge on any atom is -0.324 e. The second-order valence-corrected chi connectivity index (χ2v) is 6.77. The van der Waals surface area contributed by atoms with Gasteiger partial charge in [0.05, 0.1) is 11.9 Å². The quantitative estimate of drug-likeness (QED) is 0.745. The van der Waals surface area contributed by atoms with Crippen LogP contribution in [-0.4, -0.2) is 20.7 Å². The number of hydrogen-bond donors (Lipinski definition) is 1. The topological polar surface area (TPSA) is 76.9 Å². The fourth-order valence-corrected chi connectivity index (χ4v) is 2.69. The largest absolute Gasteiger partial charge is 0.365 e. The normalized spacial score (nSPS) is 11.9. The van der Waals surface area contributed by atoms with Crippen molar-refractivity contribution in [1.82, 2.24) is 14.8 Å². The minimum absolute atomic E-state index is 0.380. The second-order valence-electron chi connectivity index (χ2n) is 6.36. The predicted molar refractivity (Wildman–Crippen MR) is 106 cm³/mol. The minimum atomic E-state index is -0.822. The first-order valence-corrected chi connectivity index (χ1v) is 8.83. The molecule has 3 rings (SSSR count). The lowest BCUT2D eigenvalue weighted by Gasteiger charge is -2.14. The summed E-state index contributed by atoms with van der Waals surface area (Å²) < 4.78 is 1.06. The number of nitrogens with zero attached hydrogens (tertiary/aromatic N) is 3. The molecule has 0 saturated heterocycles. The molecule has 3 aromatic rings. The van der Waals surface area contributed by atoms with E-state index in [0.717, 1.165) is 21.4 Å². The smallest absolute Gasteiger partial charge is 0.324 e. The number of carbonyl (C=O) groups excluding carboxylic acids is 1. The van der Waals surface area contributed by atoms with Crippen molar-refractivity contribution < 1.29 is 4.79 Å². The van der Waals surface area contributed by atoms with Crippen LogP contribution < -0.4 is 11.0 Å². The highest BCUT2D eigenvalue weighted by Gasteiger charge is 2.19. The molecule has 1 atom stereocenters. The number of carbonyl (C=O) groups is 1. The molecule has 0 spiro atoms. The van der Waals surface area contributed by atoms with Gasteiger partial charge in [-0.05, 0) is 38.5 Å². The van der Waals surface area contributed by atoms with Gasteiger partial charge < -0.3 is 5.32 Å². The molecule has 7 heteroatoms. The maximum absolute atomic E-state index is 12.5. The van der Waals surface area contributed by atoms with Crippen LogP contribution in [0.3, 0.4) is 0 Å². The van der Waals surface area contributed by atoms with Gasteiger partial charge in [0, 0.05) is 16.3 Å². The van der Waals surface area contributed by atoms with Gasteiger partial charge in [-0.2, -0.15) is 10.1 Å². The Morgan fingerprint density at radius 3 is 2.48 bits per heavy atom. The standard InChI is InChI=1S/C20H19ClN4O2/c1-12-4-7-15(8-5-12)18-11-22-25(20(27)24-18)14(3)19(26)23-16-9-6-13(2)17(21)10-16/h4-11,14H,1-3H3,(H,23,26)/t14-/m0/s1. The summed E-state index contributed by atoms with van der Waals surface area (Å²) in [4.78, 5) is 28.9. The lowest BCUT2D eigenvalue weighted by atomic mass is 10.1. The molecule has 0 bridgehead atoms. The third-order valence-corrected chi connectivity index (χ3v) is 4.66. The van der Waals surface area contributed by atoms with Gasteiger partial charge in [-0.25, -0.2) is 9.48 Å². The van der Waals surface area contributed by atoms with Gasteiger partial charge in [-0.15, -0.1) is 0 Å². The number of hydrogen-bond acceptors (Lipinski definition) is 4. The second kappa shape index (κ2) is 7.72. The summed E-state index contributed by atoms with van der Waals surface area (Å²) >= 11 is 6.08. The monoisotopic (exact) mass is 382 g/mol. The first-order valence-electron chi connectivity index (χ1n) is 8.45. The molecule has 2 aromatic carbocycles. The molecule has 0 aliphatic carbocycles. The summed E-state index contributed by atoms with van der Waals surface area (Å²) in [7, 11) is 0. The molecule has 0 aliphatic rings. The zero-order chi connectivity index (χ0) is 19.6. The van der Waals surface area contributed by atoms with Gasteiger partial charge >= 0.3 is 5.69 Å². The molecule has 0 saturated carbocycles. The fraction of sp³-hybridized carbons (Fsp3) is 0.200. The highest BCUT2D eigenvalue weighted by Crippen LogP contribution is 2.21. The highest BCUT2D eigenvalue weighted by molar-refractivity contribution is 6.31. The van der Waals surface area contributed by atoms with Crippen molar-refractivity contribution in [3.8, 4) is 11.3 Å². The molecular formula is C20H19ClN4O2. The number of nitrogens with one attached hydrogen (secondary N) is 1. The zero-order valence-corrected chi connectivity index (χ0v) is 16.0. The molecule has 1 N–H and O–H groups in total. The van der Waals surface area contributed by atoms with E-state index < -0.39 is 11.7 Å². The van der Waals surface area contributed by atoms with E-state index in [4.69, 9.17) is 11.6 Å². The molecule has 0 radical (unpaired) electrons. The van der Waals surface area contributed by atoms with E-state index in [1.165, 1.54) is 6.20 Å². The van der Waals surface area contributed by atoms with Crippen LogP contribution in [0.2, 0.25) is 5.02 Å². The van der Waals surface area contributed by atoms with Crippen LogP contribution in [0, 0.1) is 13.8 Å². The maximum Gasteiger partial charge on any atom is 0.365 e. The summed E-state index contributed by atoms with van der Waals surface area (Å²) in [5.74, 6) is -0.380. The average Bonchev–Trinajstić information content (AvgIpc) is 2.64. The van der Waals surface area contributed by atoms with Crippen LogP contribution >= 0.6 is 11.6 Å². The molecule has 0 aliphatic heterocycles. The Balaban J connectivity index is 1.80. The summed E-state index contributed by atoms with van der Waals surface area (Å²) in [5.41, 5.74) is 3.26. The van der Waals surface area contributed by atoms with Gasteiger partial charge in [-0.1, -0.05) is 47.5 Å². The summed E-state index contributed by atoms with van der Waals surface area (Å²) in [5, 5.41) is 7.42. The van der Waals surface area contributed by atoms with Crippen molar-refractivity contribution in [3.63, 3.8) is 0 Å². The van der Waals surface area contributed by atoms with Crippen LogP contribution in [0.5, 0.6) is 0 Å². The Labute approximate surface area is 161 Å². The molecule has 6 nitrogen and oxygen atoms in total. The number of benzene rings is 2. The first kappa shape index (κ1) is 18.8. The average molecular weight is 383 g/mol. The number of halogens is 1. The van der Waals surface area contributed by atoms with Crippen LogP contribution in [0.15, 0.2) is 53.5 Å². The van der Waals surface area contributed by atoms with E-state index in [-0.39, 0.29) is 5.91 Å². The number of rotatable bonds is 4. The third-order valence-electron chi connectivity index (χ3n) is 4.25. The Hall–Kier alpha value is -2.99. The number of anilines is 1.